The van der Waals surface area contributed by atoms with Crippen molar-refractivity contribution in [2.24, 2.45) is 15.2 Å². The number of nitrogens with zero attached hydrogens (tertiary/aromatic N) is 3. The minimum absolute atomic E-state index is 1.39. The molecule has 44 valence electrons. The fraction of sp³-hybridized carbons (Fsp3) is 0.400. The van der Waals surface area contributed by atoms with Crippen molar-refractivity contribution in [1.29, 1.82) is 0 Å². The van der Waals surface area contributed by atoms with Crippen molar-refractivity contribution in [3.8, 4) is 0 Å². The second kappa shape index (κ2) is 6.01. The number of hydrogen-bond acceptors (Lipinski definition) is 2. The Morgan fingerprint density at radius 3 is 2.50 bits per heavy atom. The van der Waals surface area contributed by atoms with Crippen LogP contribution in [-0.4, -0.2) is 13.4 Å². The van der Waals surface area contributed by atoms with Gasteiger partial charge in [-0.2, -0.15) is 5.11 Å². The van der Waals surface area contributed by atoms with Gasteiger partial charge >= 0.3 is 0 Å². The zero-order valence-electron chi connectivity index (χ0n) is 5.07. The van der Waals surface area contributed by atoms with Crippen molar-refractivity contribution in [2.45, 2.75) is 6.92 Å². The van der Waals surface area contributed by atoms with Gasteiger partial charge in [0.2, 0.25) is 0 Å². The summed E-state index contributed by atoms with van der Waals surface area (Å²) < 4.78 is 0. The Kier molecular flexibility index (Phi) is 5.27. The molecule has 8 heavy (non-hydrogen) atoms. The standard InChI is InChI=1S/C5H9N3/c1-3-4-7-8-5-6-2/h3-5H,1-2H3/b4-3+,6-5?,8-7?. The SMILES string of the molecule is C/C=C/N=NC=NC. The maximum absolute atomic E-state index is 3.59. The zero-order valence-corrected chi connectivity index (χ0v) is 5.07. The first kappa shape index (κ1) is 7.01. The van der Waals surface area contributed by atoms with Gasteiger partial charge in [-0.05, 0) is 6.92 Å². The van der Waals surface area contributed by atoms with Gasteiger partial charge in [0, 0.05) is 13.2 Å². The van der Waals surface area contributed by atoms with Gasteiger partial charge in [-0.1, -0.05) is 6.08 Å². The van der Waals surface area contributed by atoms with Gasteiger partial charge < -0.3 is 0 Å². The van der Waals surface area contributed by atoms with Gasteiger partial charge in [0.1, 0.15) is 6.34 Å². The minimum atomic E-state index is 1.39. The lowest BCUT2D eigenvalue weighted by Gasteiger charge is -1.68. The minimum Gasteiger partial charge on any atom is -0.275 e. The van der Waals surface area contributed by atoms with Gasteiger partial charge in [0.05, 0.1) is 0 Å². The largest absolute Gasteiger partial charge is 0.275 e. The lowest BCUT2D eigenvalue weighted by atomic mass is 10.7. The highest BCUT2D eigenvalue weighted by Crippen LogP contribution is 1.73. The zero-order chi connectivity index (χ0) is 6.24. The van der Waals surface area contributed by atoms with Crippen LogP contribution in [0.3, 0.4) is 0 Å². The first-order valence-corrected chi connectivity index (χ1v) is 2.33. The highest BCUT2D eigenvalue weighted by atomic mass is 15.1. The quantitative estimate of drug-likeness (QED) is 0.295. The lowest BCUT2D eigenvalue weighted by molar-refractivity contribution is 1.27. The Morgan fingerprint density at radius 1 is 1.25 bits per heavy atom. The first-order valence-electron chi connectivity index (χ1n) is 2.33. The molecule has 0 aromatic heterocycles. The second-order valence-electron chi connectivity index (χ2n) is 1.09. The molecule has 0 amide bonds. The van der Waals surface area contributed by atoms with Crippen molar-refractivity contribution >= 4 is 6.34 Å². The van der Waals surface area contributed by atoms with Crippen LogP contribution in [0.15, 0.2) is 27.5 Å². The number of allylic oxidation sites excluding steroid dienone is 1. The highest BCUT2D eigenvalue weighted by Gasteiger charge is 1.56. The van der Waals surface area contributed by atoms with Gasteiger partial charge in [0.25, 0.3) is 0 Å². The van der Waals surface area contributed by atoms with Crippen molar-refractivity contribution in [3.05, 3.63) is 12.3 Å². The van der Waals surface area contributed by atoms with Crippen LogP contribution >= 0.6 is 0 Å². The first-order chi connectivity index (χ1) is 3.91. The molecule has 0 atom stereocenters. The summed E-state index contributed by atoms with van der Waals surface area (Å²) in [5.41, 5.74) is 0. The van der Waals surface area contributed by atoms with Crippen LogP contribution in [0.1, 0.15) is 6.92 Å². The third kappa shape index (κ3) is 5.01. The third-order valence-electron chi connectivity index (χ3n) is 0.450. The maximum atomic E-state index is 3.59. The van der Waals surface area contributed by atoms with Crippen LogP contribution in [0.2, 0.25) is 0 Å². The monoisotopic (exact) mass is 111 g/mol. The van der Waals surface area contributed by atoms with E-state index in [9.17, 15) is 0 Å². The van der Waals surface area contributed by atoms with E-state index >= 15 is 0 Å². The molecule has 0 radical (unpaired) electrons. The van der Waals surface area contributed by atoms with Crippen LogP contribution in [0, 0.1) is 0 Å². The Labute approximate surface area is 48.9 Å². The Balaban J connectivity index is 3.35. The smallest absolute Gasteiger partial charge is 0.132 e. The van der Waals surface area contributed by atoms with Crippen molar-refractivity contribution in [3.63, 3.8) is 0 Å². The van der Waals surface area contributed by atoms with E-state index in [2.05, 4.69) is 15.2 Å². The Morgan fingerprint density at radius 2 is 2.00 bits per heavy atom. The molecule has 3 heteroatoms. The molecule has 0 saturated carbocycles. The van der Waals surface area contributed by atoms with E-state index in [1.807, 2.05) is 6.92 Å². The molecule has 0 bridgehead atoms. The second-order valence-corrected chi connectivity index (χ2v) is 1.09. The summed E-state index contributed by atoms with van der Waals surface area (Å²) in [5.74, 6) is 0. The molecule has 3 nitrogen and oxygen atoms in total. The number of rotatable bonds is 2. The molecule has 0 heterocycles. The van der Waals surface area contributed by atoms with E-state index in [1.165, 1.54) is 6.34 Å². The number of azo groups is 1. The molecule has 0 spiro atoms. The molecule has 0 rings (SSSR count). The maximum Gasteiger partial charge on any atom is 0.132 e. The van der Waals surface area contributed by atoms with Gasteiger partial charge in [-0.25, -0.2) is 0 Å². The summed E-state index contributed by atoms with van der Waals surface area (Å²) in [7, 11) is 1.65. The summed E-state index contributed by atoms with van der Waals surface area (Å²) in [4.78, 5) is 3.59. The fourth-order valence-electron chi connectivity index (χ4n) is 0.187. The summed E-state index contributed by atoms with van der Waals surface area (Å²) in [6, 6.07) is 0. The normalized spacial score (nSPS) is 12.8. The van der Waals surface area contributed by atoms with Crippen molar-refractivity contribution in [1.82, 2.24) is 0 Å². The van der Waals surface area contributed by atoms with Crippen LogP contribution in [0.5, 0.6) is 0 Å². The van der Waals surface area contributed by atoms with E-state index in [-0.39, 0.29) is 0 Å². The van der Waals surface area contributed by atoms with Crippen LogP contribution in [-0.2, 0) is 0 Å². The molecule has 0 aliphatic heterocycles. The van der Waals surface area contributed by atoms with Crippen LogP contribution < -0.4 is 0 Å². The third-order valence-corrected chi connectivity index (χ3v) is 0.450. The van der Waals surface area contributed by atoms with Crippen molar-refractivity contribution in [2.75, 3.05) is 7.05 Å². The molecule has 0 aromatic rings. The van der Waals surface area contributed by atoms with E-state index in [4.69, 9.17) is 0 Å². The molecule has 0 aliphatic carbocycles. The molecular weight excluding hydrogens is 102 g/mol. The Bertz CT molecular complexity index is 98.8. The molecular formula is C5H9N3. The topological polar surface area (TPSA) is 37.1 Å². The number of aliphatic imine (C=N–C) groups is 1. The average Bonchev–Trinajstić information content (AvgIpc) is 1.81. The molecule has 0 fully saturated rings. The number of hydrogen-bond donors (Lipinski definition) is 0. The molecule has 0 unspecified atom stereocenters. The van der Waals surface area contributed by atoms with Crippen LogP contribution in [0.4, 0.5) is 0 Å². The predicted molar refractivity (Wildman–Crippen MR) is 34.1 cm³/mol. The van der Waals surface area contributed by atoms with Crippen molar-refractivity contribution < 1.29 is 0 Å². The average molecular weight is 111 g/mol. The summed E-state index contributed by atoms with van der Waals surface area (Å²) in [6.45, 7) is 1.88. The molecule has 0 aromatic carbocycles. The fourth-order valence-corrected chi connectivity index (χ4v) is 0.187. The molecule has 0 aliphatic rings. The predicted octanol–water partition coefficient (Wildman–Crippen LogP) is 1.63. The van der Waals surface area contributed by atoms with Gasteiger partial charge in [-0.15, -0.1) is 5.11 Å². The van der Waals surface area contributed by atoms with Gasteiger partial charge in [-0.3, -0.25) is 4.99 Å². The summed E-state index contributed by atoms with van der Waals surface area (Å²) in [5, 5.41) is 7.10. The van der Waals surface area contributed by atoms with E-state index in [0.29, 0.717) is 0 Å². The highest BCUT2D eigenvalue weighted by molar-refractivity contribution is 5.53. The molecule has 0 saturated heterocycles. The Hall–Kier alpha value is -0.990. The lowest BCUT2D eigenvalue weighted by Crippen LogP contribution is -1.57. The van der Waals surface area contributed by atoms with Crippen LogP contribution in [0.25, 0.3) is 0 Å². The van der Waals surface area contributed by atoms with Gasteiger partial charge in [0.15, 0.2) is 0 Å². The van der Waals surface area contributed by atoms with E-state index < -0.39 is 0 Å². The van der Waals surface area contributed by atoms with E-state index in [0.717, 1.165) is 0 Å². The summed E-state index contributed by atoms with van der Waals surface area (Å²) in [6.07, 6.45) is 4.79. The molecule has 0 N–H and O–H groups in total. The summed E-state index contributed by atoms with van der Waals surface area (Å²) >= 11 is 0. The van der Waals surface area contributed by atoms with E-state index in [1.54, 1.807) is 19.3 Å².